The summed E-state index contributed by atoms with van der Waals surface area (Å²) >= 11 is 1.30. The van der Waals surface area contributed by atoms with E-state index in [2.05, 4.69) is 4.72 Å². The van der Waals surface area contributed by atoms with Gasteiger partial charge in [0.15, 0.2) is 0 Å². The first-order valence-electron chi connectivity index (χ1n) is 6.93. The maximum Gasteiger partial charge on any atom is 0.250 e. The third-order valence-corrected chi connectivity index (χ3v) is 6.72. The zero-order valence-corrected chi connectivity index (χ0v) is 13.4. The highest BCUT2D eigenvalue weighted by molar-refractivity contribution is 7.91. The van der Waals surface area contributed by atoms with Gasteiger partial charge in [-0.15, -0.1) is 11.3 Å². The lowest BCUT2D eigenvalue weighted by atomic mass is 9.88. The average Bonchev–Trinajstić information content (AvgIpc) is 2.86. The number of aryl methyl sites for hydroxylation is 2. The van der Waals surface area contributed by atoms with Crippen LogP contribution in [0.4, 0.5) is 5.69 Å². The molecule has 0 fully saturated rings. The molecule has 21 heavy (non-hydrogen) atoms. The molecule has 0 aliphatic heterocycles. The molecule has 0 saturated heterocycles. The van der Waals surface area contributed by atoms with Crippen molar-refractivity contribution in [2.45, 2.75) is 36.4 Å². The summed E-state index contributed by atoms with van der Waals surface area (Å²) in [7, 11) is -3.45. The third-order valence-electron chi connectivity index (χ3n) is 3.76. The van der Waals surface area contributed by atoms with Crippen LogP contribution >= 0.6 is 11.3 Å². The van der Waals surface area contributed by atoms with E-state index in [9.17, 15) is 8.42 Å². The van der Waals surface area contributed by atoms with Crippen LogP contribution in [0.5, 0.6) is 0 Å². The molecule has 1 aliphatic carbocycles. The Hall–Kier alpha value is -1.37. The van der Waals surface area contributed by atoms with Gasteiger partial charge in [-0.1, -0.05) is 6.07 Å². The van der Waals surface area contributed by atoms with Gasteiger partial charge < -0.3 is 5.73 Å². The van der Waals surface area contributed by atoms with E-state index in [1.807, 2.05) is 31.2 Å². The van der Waals surface area contributed by atoms with Crippen molar-refractivity contribution in [3.05, 3.63) is 46.3 Å². The standard InChI is InChI=1S/C15H18N2O2S2/c1-10-5-8-15(20-10)21(18,19)17-14-4-2-3-11-9-12(16)6-7-13(11)14/h5-9,14,17H,2-4,16H2,1H3. The molecule has 1 aliphatic rings. The normalized spacial score (nSPS) is 18.4. The van der Waals surface area contributed by atoms with E-state index >= 15 is 0 Å². The lowest BCUT2D eigenvalue weighted by Gasteiger charge is -2.26. The Labute approximate surface area is 129 Å². The second kappa shape index (κ2) is 5.44. The molecule has 1 unspecified atom stereocenters. The SMILES string of the molecule is Cc1ccc(S(=O)(=O)NC2CCCc3cc(N)ccc32)s1. The minimum atomic E-state index is -3.45. The number of sulfonamides is 1. The Bertz CT molecular complexity index is 766. The minimum absolute atomic E-state index is 0.165. The second-order valence-corrected chi connectivity index (χ2v) is 8.62. The lowest BCUT2D eigenvalue weighted by molar-refractivity contribution is 0.508. The maximum absolute atomic E-state index is 12.5. The fourth-order valence-electron chi connectivity index (χ4n) is 2.76. The number of nitrogen functional groups attached to an aromatic ring is 1. The monoisotopic (exact) mass is 322 g/mol. The smallest absolute Gasteiger partial charge is 0.250 e. The van der Waals surface area contributed by atoms with Crippen molar-refractivity contribution in [3.63, 3.8) is 0 Å². The van der Waals surface area contributed by atoms with E-state index in [0.29, 0.717) is 4.21 Å². The van der Waals surface area contributed by atoms with Gasteiger partial charge in [-0.2, -0.15) is 0 Å². The Kier molecular flexibility index (Phi) is 3.77. The van der Waals surface area contributed by atoms with Gasteiger partial charge >= 0.3 is 0 Å². The van der Waals surface area contributed by atoms with Crippen molar-refractivity contribution in [2.24, 2.45) is 0 Å². The summed E-state index contributed by atoms with van der Waals surface area (Å²) in [6.07, 6.45) is 2.74. The topological polar surface area (TPSA) is 72.2 Å². The van der Waals surface area contributed by atoms with Crippen LogP contribution in [0.3, 0.4) is 0 Å². The number of thiophene rings is 1. The largest absolute Gasteiger partial charge is 0.399 e. The lowest BCUT2D eigenvalue weighted by Crippen LogP contribution is -2.30. The van der Waals surface area contributed by atoms with Gasteiger partial charge in [-0.05, 0) is 61.6 Å². The van der Waals surface area contributed by atoms with Crippen LogP contribution in [0, 0.1) is 6.92 Å². The number of nitrogens with one attached hydrogen (secondary N) is 1. The summed E-state index contributed by atoms with van der Waals surface area (Å²) in [6.45, 7) is 1.91. The quantitative estimate of drug-likeness (QED) is 0.853. The van der Waals surface area contributed by atoms with Crippen molar-refractivity contribution < 1.29 is 8.42 Å². The molecule has 112 valence electrons. The highest BCUT2D eigenvalue weighted by Gasteiger charge is 2.26. The minimum Gasteiger partial charge on any atom is -0.399 e. The molecule has 0 amide bonds. The fourth-order valence-corrected chi connectivity index (χ4v) is 5.31. The summed E-state index contributed by atoms with van der Waals surface area (Å²) in [5.74, 6) is 0. The van der Waals surface area contributed by atoms with Crippen LogP contribution in [-0.2, 0) is 16.4 Å². The average molecular weight is 322 g/mol. The zero-order chi connectivity index (χ0) is 15.0. The maximum atomic E-state index is 12.5. The van der Waals surface area contributed by atoms with E-state index in [1.54, 1.807) is 6.07 Å². The number of nitrogens with two attached hydrogens (primary N) is 1. The zero-order valence-electron chi connectivity index (χ0n) is 11.8. The molecule has 4 nitrogen and oxygen atoms in total. The van der Waals surface area contributed by atoms with Crippen LogP contribution in [0.15, 0.2) is 34.5 Å². The number of anilines is 1. The molecule has 3 rings (SSSR count). The predicted octanol–water partition coefficient (Wildman–Crippen LogP) is 2.99. The molecule has 1 heterocycles. The van der Waals surface area contributed by atoms with E-state index in [1.165, 1.54) is 11.3 Å². The van der Waals surface area contributed by atoms with Crippen molar-refractivity contribution >= 4 is 27.0 Å². The van der Waals surface area contributed by atoms with Crippen LogP contribution in [0.1, 0.15) is 34.9 Å². The highest BCUT2D eigenvalue weighted by atomic mass is 32.2. The first-order valence-corrected chi connectivity index (χ1v) is 9.23. The molecule has 0 radical (unpaired) electrons. The Morgan fingerprint density at radius 1 is 1.29 bits per heavy atom. The van der Waals surface area contributed by atoms with Gasteiger partial charge in [0.05, 0.1) is 0 Å². The summed E-state index contributed by atoms with van der Waals surface area (Å²) in [4.78, 5) is 0.993. The van der Waals surface area contributed by atoms with E-state index in [-0.39, 0.29) is 6.04 Å². The second-order valence-electron chi connectivity index (χ2n) is 5.39. The number of hydrogen-bond acceptors (Lipinski definition) is 4. The molecule has 6 heteroatoms. The van der Waals surface area contributed by atoms with Gasteiger partial charge in [-0.25, -0.2) is 13.1 Å². The molecule has 2 aromatic rings. The molecular weight excluding hydrogens is 304 g/mol. The summed E-state index contributed by atoms with van der Waals surface area (Å²) in [5.41, 5.74) is 8.74. The first-order chi connectivity index (χ1) is 9.95. The van der Waals surface area contributed by atoms with E-state index in [0.717, 1.165) is 41.0 Å². The molecular formula is C15H18N2O2S2. The van der Waals surface area contributed by atoms with Gasteiger partial charge in [0.25, 0.3) is 10.0 Å². The van der Waals surface area contributed by atoms with Crippen molar-refractivity contribution in [3.8, 4) is 0 Å². The van der Waals surface area contributed by atoms with Gasteiger partial charge in [-0.3, -0.25) is 0 Å². The Morgan fingerprint density at radius 3 is 2.81 bits per heavy atom. The number of rotatable bonds is 3. The van der Waals surface area contributed by atoms with Crippen molar-refractivity contribution in [1.82, 2.24) is 4.72 Å². The number of fused-ring (bicyclic) bond motifs is 1. The predicted molar refractivity (Wildman–Crippen MR) is 85.9 cm³/mol. The van der Waals surface area contributed by atoms with E-state index < -0.39 is 10.0 Å². The fraction of sp³-hybridized carbons (Fsp3) is 0.333. The molecule has 1 aromatic carbocycles. The van der Waals surface area contributed by atoms with Crippen LogP contribution in [0.25, 0.3) is 0 Å². The summed E-state index contributed by atoms with van der Waals surface area (Å²) < 4.78 is 28.1. The van der Waals surface area contributed by atoms with Crippen molar-refractivity contribution in [1.29, 1.82) is 0 Å². The van der Waals surface area contributed by atoms with Crippen molar-refractivity contribution in [2.75, 3.05) is 5.73 Å². The molecule has 1 atom stereocenters. The van der Waals surface area contributed by atoms with Crippen LogP contribution in [0.2, 0.25) is 0 Å². The Morgan fingerprint density at radius 2 is 2.10 bits per heavy atom. The summed E-state index contributed by atoms with van der Waals surface area (Å²) in [6, 6.07) is 9.05. The first kappa shape index (κ1) is 14.6. The molecule has 1 aromatic heterocycles. The van der Waals surface area contributed by atoms with Gasteiger partial charge in [0.2, 0.25) is 0 Å². The van der Waals surface area contributed by atoms with Crippen LogP contribution < -0.4 is 10.5 Å². The summed E-state index contributed by atoms with van der Waals surface area (Å²) in [5, 5.41) is 0. The Balaban J connectivity index is 1.90. The van der Waals surface area contributed by atoms with Crippen LogP contribution in [-0.4, -0.2) is 8.42 Å². The van der Waals surface area contributed by atoms with Gasteiger partial charge in [0.1, 0.15) is 4.21 Å². The molecule has 0 saturated carbocycles. The molecule has 0 bridgehead atoms. The van der Waals surface area contributed by atoms with Gasteiger partial charge in [0, 0.05) is 16.6 Å². The number of hydrogen-bond donors (Lipinski definition) is 2. The number of benzene rings is 1. The highest BCUT2D eigenvalue weighted by Crippen LogP contribution is 2.32. The van der Waals surface area contributed by atoms with E-state index in [4.69, 9.17) is 5.73 Å². The molecule has 0 spiro atoms. The molecule has 3 N–H and O–H groups in total. The third kappa shape index (κ3) is 2.97.